The second kappa shape index (κ2) is 2.47. The lowest BCUT2D eigenvalue weighted by Gasteiger charge is -2.04. The van der Waals surface area contributed by atoms with Gasteiger partial charge in [0.05, 0.1) is 12.5 Å². The van der Waals surface area contributed by atoms with Crippen molar-refractivity contribution in [1.82, 2.24) is 9.97 Å². The molecule has 1 aromatic heterocycles. The summed E-state index contributed by atoms with van der Waals surface area (Å²) in [6, 6.07) is 0. The Morgan fingerprint density at radius 3 is 2.33 bits per heavy atom. The standard InChI is InChI=1S/C4H3F3N2O2S/c5-4(6,7)12(10,11)3-1-8-2-9-3/h1-2H,(H,8,9). The summed E-state index contributed by atoms with van der Waals surface area (Å²) >= 11 is 0. The van der Waals surface area contributed by atoms with Gasteiger partial charge in [-0.25, -0.2) is 13.4 Å². The normalized spacial score (nSPS) is 13.2. The highest BCUT2D eigenvalue weighted by molar-refractivity contribution is 7.92. The van der Waals surface area contributed by atoms with Gasteiger partial charge in [0, 0.05) is 0 Å². The lowest BCUT2D eigenvalue weighted by molar-refractivity contribution is -0.0437. The van der Waals surface area contributed by atoms with Gasteiger partial charge in [-0.1, -0.05) is 0 Å². The Balaban J connectivity index is 3.22. The molecule has 0 fully saturated rings. The van der Waals surface area contributed by atoms with E-state index in [9.17, 15) is 21.6 Å². The molecule has 0 atom stereocenters. The van der Waals surface area contributed by atoms with Crippen molar-refractivity contribution in [1.29, 1.82) is 0 Å². The van der Waals surface area contributed by atoms with Gasteiger partial charge in [-0.15, -0.1) is 0 Å². The molecule has 0 spiro atoms. The Hall–Kier alpha value is -1.05. The van der Waals surface area contributed by atoms with Gasteiger partial charge >= 0.3 is 5.51 Å². The minimum absolute atomic E-state index is 0.600. The number of imidazole rings is 1. The Morgan fingerprint density at radius 1 is 1.42 bits per heavy atom. The molecule has 0 saturated heterocycles. The molecule has 1 heterocycles. The molecule has 0 aromatic carbocycles. The topological polar surface area (TPSA) is 62.8 Å². The molecule has 0 bridgehead atoms. The summed E-state index contributed by atoms with van der Waals surface area (Å²) in [7, 11) is -5.25. The van der Waals surface area contributed by atoms with E-state index in [1.54, 1.807) is 0 Å². The van der Waals surface area contributed by atoms with Crippen LogP contribution in [0.1, 0.15) is 0 Å². The van der Waals surface area contributed by atoms with Crippen LogP contribution in [0.2, 0.25) is 0 Å². The average Bonchev–Trinajstić information content (AvgIpc) is 2.34. The molecule has 1 N–H and O–H groups in total. The van der Waals surface area contributed by atoms with Crippen molar-refractivity contribution in [3.63, 3.8) is 0 Å². The minimum Gasteiger partial charge on any atom is -0.335 e. The smallest absolute Gasteiger partial charge is 0.335 e. The third-order valence-corrected chi connectivity index (χ3v) is 2.48. The van der Waals surface area contributed by atoms with E-state index in [1.165, 1.54) is 0 Å². The Bertz CT molecular complexity index is 352. The van der Waals surface area contributed by atoms with Gasteiger partial charge in [-0.05, 0) is 0 Å². The summed E-state index contributed by atoms with van der Waals surface area (Å²) in [5.74, 6) is 0. The first-order valence-corrected chi connectivity index (χ1v) is 4.14. The third-order valence-electron chi connectivity index (χ3n) is 1.07. The molecule has 1 rings (SSSR count). The number of hydrogen-bond acceptors (Lipinski definition) is 3. The molecule has 0 radical (unpaired) electrons. The van der Waals surface area contributed by atoms with Crippen molar-refractivity contribution in [3.8, 4) is 0 Å². The van der Waals surface area contributed by atoms with Crippen molar-refractivity contribution >= 4 is 9.84 Å². The summed E-state index contributed by atoms with van der Waals surface area (Å²) in [5, 5.41) is -0.949. The zero-order valence-electron chi connectivity index (χ0n) is 5.46. The van der Waals surface area contributed by atoms with Crippen LogP contribution in [-0.2, 0) is 9.84 Å². The summed E-state index contributed by atoms with van der Waals surface area (Å²) in [6.07, 6.45) is 1.46. The second-order valence-electron chi connectivity index (χ2n) is 1.87. The van der Waals surface area contributed by atoms with Crippen LogP contribution in [0.3, 0.4) is 0 Å². The van der Waals surface area contributed by atoms with E-state index >= 15 is 0 Å². The first kappa shape index (κ1) is 9.04. The molecule has 0 aliphatic heterocycles. The fourth-order valence-electron chi connectivity index (χ4n) is 0.515. The van der Waals surface area contributed by atoms with E-state index in [2.05, 4.69) is 4.98 Å². The van der Waals surface area contributed by atoms with E-state index in [4.69, 9.17) is 0 Å². The number of sulfone groups is 1. The number of halogens is 3. The van der Waals surface area contributed by atoms with Crippen LogP contribution in [0.4, 0.5) is 13.2 Å². The number of aromatic nitrogens is 2. The molecule has 12 heavy (non-hydrogen) atoms. The number of alkyl halides is 3. The predicted molar refractivity (Wildman–Crippen MR) is 31.8 cm³/mol. The second-order valence-corrected chi connectivity index (χ2v) is 3.77. The lowest BCUT2D eigenvalue weighted by Crippen LogP contribution is -2.23. The van der Waals surface area contributed by atoms with Crippen molar-refractivity contribution in [2.45, 2.75) is 10.5 Å². The molecule has 4 nitrogen and oxygen atoms in total. The van der Waals surface area contributed by atoms with Gasteiger partial charge in [-0.2, -0.15) is 13.2 Å². The SMILES string of the molecule is O=S(=O)(c1cnc[nH]1)C(F)(F)F. The average molecular weight is 200 g/mol. The summed E-state index contributed by atoms with van der Waals surface area (Å²) < 4.78 is 56.3. The lowest BCUT2D eigenvalue weighted by atomic mass is 11.0. The molecule has 8 heteroatoms. The van der Waals surface area contributed by atoms with E-state index in [0.29, 0.717) is 6.20 Å². The fourth-order valence-corrected chi connectivity index (χ4v) is 1.17. The van der Waals surface area contributed by atoms with Gasteiger partial charge < -0.3 is 4.98 Å². The van der Waals surface area contributed by atoms with Crippen molar-refractivity contribution < 1.29 is 21.6 Å². The Morgan fingerprint density at radius 2 is 2.00 bits per heavy atom. The van der Waals surface area contributed by atoms with Crippen LogP contribution >= 0.6 is 0 Å². The van der Waals surface area contributed by atoms with E-state index in [1.807, 2.05) is 4.98 Å². The van der Waals surface area contributed by atoms with Crippen LogP contribution in [-0.4, -0.2) is 23.9 Å². The van der Waals surface area contributed by atoms with Gasteiger partial charge in [-0.3, -0.25) is 0 Å². The zero-order valence-corrected chi connectivity index (χ0v) is 6.28. The highest BCUT2D eigenvalue weighted by atomic mass is 32.2. The first-order chi connectivity index (χ1) is 5.36. The van der Waals surface area contributed by atoms with Gasteiger partial charge in [0.2, 0.25) is 0 Å². The fraction of sp³-hybridized carbons (Fsp3) is 0.250. The maximum atomic E-state index is 11.8. The maximum Gasteiger partial charge on any atom is 0.503 e. The number of aromatic amines is 1. The van der Waals surface area contributed by atoms with E-state index < -0.39 is 20.4 Å². The van der Waals surface area contributed by atoms with Crippen LogP contribution in [0, 0.1) is 0 Å². The molecular weight excluding hydrogens is 197 g/mol. The van der Waals surface area contributed by atoms with E-state index in [0.717, 1.165) is 6.33 Å². The number of hydrogen-bond donors (Lipinski definition) is 1. The largest absolute Gasteiger partial charge is 0.503 e. The monoisotopic (exact) mass is 200 g/mol. The van der Waals surface area contributed by atoms with Gasteiger partial charge in [0.15, 0.2) is 5.03 Å². The molecule has 0 aliphatic carbocycles. The number of rotatable bonds is 1. The number of nitrogens with one attached hydrogen (secondary N) is 1. The third kappa shape index (κ3) is 1.29. The molecule has 0 aliphatic rings. The highest BCUT2D eigenvalue weighted by Gasteiger charge is 2.47. The van der Waals surface area contributed by atoms with Crippen molar-refractivity contribution in [2.24, 2.45) is 0 Å². The predicted octanol–water partition coefficient (Wildman–Crippen LogP) is 0.703. The van der Waals surface area contributed by atoms with Crippen LogP contribution in [0.5, 0.6) is 0 Å². The molecule has 0 amide bonds. The molecule has 0 unspecified atom stereocenters. The Labute approximate surface area is 65.3 Å². The van der Waals surface area contributed by atoms with E-state index in [-0.39, 0.29) is 0 Å². The van der Waals surface area contributed by atoms with Crippen molar-refractivity contribution in [2.75, 3.05) is 0 Å². The maximum absolute atomic E-state index is 11.8. The van der Waals surface area contributed by atoms with Gasteiger partial charge in [0.1, 0.15) is 0 Å². The zero-order chi connectivity index (χ0) is 9.41. The van der Waals surface area contributed by atoms with Crippen molar-refractivity contribution in [3.05, 3.63) is 12.5 Å². The molecular formula is C4H3F3N2O2S. The molecule has 1 aromatic rings. The quantitative estimate of drug-likeness (QED) is 0.725. The Kier molecular flexibility index (Phi) is 1.86. The molecule has 68 valence electrons. The first-order valence-electron chi connectivity index (χ1n) is 2.65. The number of nitrogens with zero attached hydrogens (tertiary/aromatic N) is 1. The summed E-state index contributed by atoms with van der Waals surface area (Å²) in [4.78, 5) is 5.03. The highest BCUT2D eigenvalue weighted by Crippen LogP contribution is 2.28. The summed E-state index contributed by atoms with van der Waals surface area (Å²) in [6.45, 7) is 0. The molecule has 0 saturated carbocycles. The van der Waals surface area contributed by atoms with Crippen LogP contribution in [0.15, 0.2) is 17.6 Å². The van der Waals surface area contributed by atoms with Gasteiger partial charge in [0.25, 0.3) is 9.84 Å². The number of H-pyrrole nitrogens is 1. The minimum atomic E-state index is -5.28. The van der Waals surface area contributed by atoms with Crippen LogP contribution < -0.4 is 0 Å². The van der Waals surface area contributed by atoms with Crippen LogP contribution in [0.25, 0.3) is 0 Å². The summed E-state index contributed by atoms with van der Waals surface area (Å²) in [5.41, 5.74) is -5.28.